The van der Waals surface area contributed by atoms with Crippen LogP contribution in [-0.2, 0) is 6.54 Å². The Bertz CT molecular complexity index is 539. The number of guanidine groups is 1. The van der Waals surface area contributed by atoms with Gasteiger partial charge in [-0.2, -0.15) is 0 Å². The molecule has 2 saturated heterocycles. The van der Waals surface area contributed by atoms with Crippen molar-refractivity contribution < 1.29 is 4.52 Å². The van der Waals surface area contributed by atoms with Crippen molar-refractivity contribution in [3.05, 3.63) is 17.5 Å². The maximum absolute atomic E-state index is 5.39. The molecule has 6 nitrogen and oxygen atoms in total. The summed E-state index contributed by atoms with van der Waals surface area (Å²) in [6.07, 6.45) is 3.95. The summed E-state index contributed by atoms with van der Waals surface area (Å²) >= 11 is 0. The zero-order chi connectivity index (χ0) is 16.2. The lowest BCUT2D eigenvalue weighted by Crippen LogP contribution is -2.42. The van der Waals surface area contributed by atoms with Gasteiger partial charge in [0.2, 0.25) is 0 Å². The Hall–Kier alpha value is -0.830. The minimum absolute atomic E-state index is 0. The summed E-state index contributed by atoms with van der Waals surface area (Å²) in [6, 6.07) is 2.72. The number of hydrogen-bond acceptors (Lipinski definition) is 4. The van der Waals surface area contributed by atoms with Gasteiger partial charge in [-0.1, -0.05) is 19.0 Å². The SMILES string of the molecule is CN=C(NCc1cc(C(C)C)no1)N1CCC(N2CCCC2)C1.I. The lowest BCUT2D eigenvalue weighted by molar-refractivity contribution is 0.249. The Morgan fingerprint density at radius 3 is 2.75 bits per heavy atom. The van der Waals surface area contributed by atoms with Crippen LogP contribution in [0.25, 0.3) is 0 Å². The number of aromatic nitrogens is 1. The van der Waals surface area contributed by atoms with Crippen LogP contribution >= 0.6 is 24.0 Å². The lowest BCUT2D eigenvalue weighted by atomic mass is 10.1. The third-order valence-electron chi connectivity index (χ3n) is 4.92. The number of likely N-dealkylation sites (tertiary alicyclic amines) is 2. The fourth-order valence-electron chi connectivity index (χ4n) is 3.52. The molecule has 3 heterocycles. The number of rotatable bonds is 4. The van der Waals surface area contributed by atoms with Crippen molar-refractivity contribution in [2.75, 3.05) is 33.2 Å². The monoisotopic (exact) mass is 447 g/mol. The van der Waals surface area contributed by atoms with Gasteiger partial charge in [-0.25, -0.2) is 0 Å². The molecule has 7 heteroatoms. The van der Waals surface area contributed by atoms with Gasteiger partial charge < -0.3 is 14.7 Å². The minimum atomic E-state index is 0. The van der Waals surface area contributed by atoms with Gasteiger partial charge in [0.15, 0.2) is 11.7 Å². The van der Waals surface area contributed by atoms with Crippen molar-refractivity contribution in [3.63, 3.8) is 0 Å². The van der Waals surface area contributed by atoms with Crippen LogP contribution in [0.1, 0.15) is 50.5 Å². The number of aliphatic imine (C=N–C) groups is 1. The Morgan fingerprint density at radius 2 is 2.12 bits per heavy atom. The molecule has 1 atom stereocenters. The van der Waals surface area contributed by atoms with E-state index in [4.69, 9.17) is 4.52 Å². The summed E-state index contributed by atoms with van der Waals surface area (Å²) in [4.78, 5) is 9.44. The zero-order valence-electron chi connectivity index (χ0n) is 15.0. The summed E-state index contributed by atoms with van der Waals surface area (Å²) in [7, 11) is 1.85. The van der Waals surface area contributed by atoms with Crippen LogP contribution < -0.4 is 5.32 Å². The first-order valence-electron chi connectivity index (χ1n) is 8.82. The molecule has 0 spiro atoms. The largest absolute Gasteiger partial charge is 0.359 e. The molecule has 24 heavy (non-hydrogen) atoms. The minimum Gasteiger partial charge on any atom is -0.359 e. The molecule has 1 aromatic heterocycles. The van der Waals surface area contributed by atoms with Gasteiger partial charge in [-0.15, -0.1) is 24.0 Å². The molecule has 1 unspecified atom stereocenters. The Morgan fingerprint density at radius 1 is 1.38 bits per heavy atom. The standard InChI is InChI=1S/C17H29N5O.HI/c1-13(2)16-10-15(23-20-16)11-19-17(18-3)22-9-6-14(12-22)21-7-4-5-8-21;/h10,13-14H,4-9,11-12H2,1-3H3,(H,18,19);1H. The highest BCUT2D eigenvalue weighted by molar-refractivity contribution is 14.0. The molecule has 3 rings (SSSR count). The van der Waals surface area contributed by atoms with Crippen molar-refractivity contribution >= 4 is 29.9 Å². The zero-order valence-corrected chi connectivity index (χ0v) is 17.3. The van der Waals surface area contributed by atoms with E-state index in [9.17, 15) is 0 Å². The molecule has 1 aromatic rings. The van der Waals surface area contributed by atoms with E-state index in [-0.39, 0.29) is 24.0 Å². The van der Waals surface area contributed by atoms with Crippen LogP contribution in [-0.4, -0.2) is 60.2 Å². The second-order valence-corrected chi connectivity index (χ2v) is 6.91. The van der Waals surface area contributed by atoms with Gasteiger partial charge in [-0.05, 0) is 38.3 Å². The highest BCUT2D eigenvalue weighted by Crippen LogP contribution is 2.20. The molecule has 0 radical (unpaired) electrons. The molecular formula is C17H30IN5O. The third-order valence-corrected chi connectivity index (χ3v) is 4.92. The molecule has 2 fully saturated rings. The molecular weight excluding hydrogens is 417 g/mol. The number of halogens is 1. The first kappa shape index (κ1) is 19.5. The van der Waals surface area contributed by atoms with E-state index in [2.05, 4.69) is 39.1 Å². The van der Waals surface area contributed by atoms with Gasteiger partial charge in [0.1, 0.15) is 0 Å². The first-order chi connectivity index (χ1) is 11.2. The Labute approximate surface area is 162 Å². The van der Waals surface area contributed by atoms with Crippen molar-refractivity contribution in [1.82, 2.24) is 20.3 Å². The van der Waals surface area contributed by atoms with E-state index in [0.29, 0.717) is 18.5 Å². The lowest BCUT2D eigenvalue weighted by Gasteiger charge is -2.25. The number of hydrogen-bond donors (Lipinski definition) is 1. The molecule has 1 N–H and O–H groups in total. The summed E-state index contributed by atoms with van der Waals surface area (Å²) in [5, 5.41) is 7.52. The van der Waals surface area contributed by atoms with E-state index in [1.807, 2.05) is 13.1 Å². The quantitative estimate of drug-likeness (QED) is 0.437. The topological polar surface area (TPSA) is 56.9 Å². The first-order valence-corrected chi connectivity index (χ1v) is 8.82. The van der Waals surface area contributed by atoms with E-state index in [1.165, 1.54) is 32.4 Å². The van der Waals surface area contributed by atoms with Crippen molar-refractivity contribution in [3.8, 4) is 0 Å². The summed E-state index contributed by atoms with van der Waals surface area (Å²) in [5.74, 6) is 2.23. The number of nitrogens with one attached hydrogen (secondary N) is 1. The van der Waals surface area contributed by atoms with Crippen molar-refractivity contribution in [1.29, 1.82) is 0 Å². The summed E-state index contributed by atoms with van der Waals surface area (Å²) in [6.45, 7) is 9.56. The van der Waals surface area contributed by atoms with Gasteiger partial charge >= 0.3 is 0 Å². The average molecular weight is 447 g/mol. The average Bonchev–Trinajstić information content (AvgIpc) is 3.29. The van der Waals surface area contributed by atoms with Crippen LogP contribution in [0.15, 0.2) is 15.6 Å². The van der Waals surface area contributed by atoms with Gasteiger partial charge in [-0.3, -0.25) is 9.89 Å². The van der Waals surface area contributed by atoms with Gasteiger partial charge in [0, 0.05) is 32.2 Å². The van der Waals surface area contributed by atoms with E-state index in [0.717, 1.165) is 30.5 Å². The Balaban J connectivity index is 0.00000208. The Kier molecular flexibility index (Phi) is 7.34. The van der Waals surface area contributed by atoms with E-state index >= 15 is 0 Å². The molecule has 0 amide bonds. The highest BCUT2D eigenvalue weighted by atomic mass is 127. The fraction of sp³-hybridized carbons (Fsp3) is 0.765. The molecule has 2 aliphatic heterocycles. The van der Waals surface area contributed by atoms with E-state index < -0.39 is 0 Å². The highest BCUT2D eigenvalue weighted by Gasteiger charge is 2.30. The molecule has 136 valence electrons. The van der Waals surface area contributed by atoms with Crippen LogP contribution in [0.4, 0.5) is 0 Å². The smallest absolute Gasteiger partial charge is 0.194 e. The van der Waals surface area contributed by atoms with Crippen LogP contribution in [0.5, 0.6) is 0 Å². The predicted octanol–water partition coefficient (Wildman–Crippen LogP) is 2.66. The normalized spacial score (nSPS) is 22.2. The van der Waals surface area contributed by atoms with E-state index in [1.54, 1.807) is 0 Å². The van der Waals surface area contributed by atoms with Crippen LogP contribution in [0.3, 0.4) is 0 Å². The predicted molar refractivity (Wildman–Crippen MR) is 107 cm³/mol. The maximum atomic E-state index is 5.39. The summed E-state index contributed by atoms with van der Waals surface area (Å²) in [5.41, 5.74) is 1.01. The van der Waals surface area contributed by atoms with Crippen LogP contribution in [0, 0.1) is 0 Å². The molecule has 0 saturated carbocycles. The number of nitrogens with zero attached hydrogens (tertiary/aromatic N) is 4. The molecule has 0 bridgehead atoms. The molecule has 2 aliphatic rings. The van der Waals surface area contributed by atoms with Gasteiger partial charge in [0.25, 0.3) is 0 Å². The second-order valence-electron chi connectivity index (χ2n) is 6.91. The summed E-state index contributed by atoms with van der Waals surface area (Å²) < 4.78 is 5.39. The maximum Gasteiger partial charge on any atom is 0.194 e. The van der Waals surface area contributed by atoms with Crippen molar-refractivity contribution in [2.45, 2.75) is 51.6 Å². The van der Waals surface area contributed by atoms with Crippen LogP contribution in [0.2, 0.25) is 0 Å². The molecule has 0 aliphatic carbocycles. The van der Waals surface area contributed by atoms with Crippen molar-refractivity contribution in [2.24, 2.45) is 4.99 Å². The fourth-order valence-corrected chi connectivity index (χ4v) is 3.52. The third kappa shape index (κ3) is 4.62. The van der Waals surface area contributed by atoms with Gasteiger partial charge in [0.05, 0.1) is 12.2 Å². The molecule has 0 aromatic carbocycles. The second kappa shape index (κ2) is 9.03.